The van der Waals surface area contributed by atoms with Gasteiger partial charge in [0.25, 0.3) is 5.91 Å². The number of carboxylic acid groups (broad SMARTS) is 1. The van der Waals surface area contributed by atoms with E-state index < -0.39 is 12.0 Å². The molecule has 35 heavy (non-hydrogen) atoms. The van der Waals surface area contributed by atoms with Gasteiger partial charge in [0.2, 0.25) is 0 Å². The molecule has 5 nitrogen and oxygen atoms in total. The largest absolute Gasteiger partial charge is 0.480 e. The maximum Gasteiger partial charge on any atom is 0.326 e. The minimum absolute atomic E-state index is 0.243. The Labute approximate surface area is 215 Å². The number of hydrogen-bond acceptors (Lipinski definition) is 4. The van der Waals surface area contributed by atoms with E-state index in [0.29, 0.717) is 24.3 Å². The number of rotatable bonds is 16. The second kappa shape index (κ2) is 15.6. The Bertz CT molecular complexity index is 938. The molecule has 6 heteroatoms. The summed E-state index contributed by atoms with van der Waals surface area (Å²) in [6.45, 7) is 6.91. The van der Waals surface area contributed by atoms with Crippen molar-refractivity contribution in [1.82, 2.24) is 5.32 Å². The highest BCUT2D eigenvalue weighted by Crippen LogP contribution is 2.29. The third kappa shape index (κ3) is 9.34. The Morgan fingerprint density at radius 2 is 1.69 bits per heavy atom. The summed E-state index contributed by atoms with van der Waals surface area (Å²) < 4.78 is 6.31. The number of carboxylic acids is 1. The predicted octanol–water partition coefficient (Wildman–Crippen LogP) is 6.86. The van der Waals surface area contributed by atoms with E-state index in [0.717, 1.165) is 60.8 Å². The van der Waals surface area contributed by atoms with Gasteiger partial charge in [0.15, 0.2) is 0 Å². The van der Waals surface area contributed by atoms with Crippen LogP contribution in [0.15, 0.2) is 42.5 Å². The molecule has 2 rings (SSSR count). The van der Waals surface area contributed by atoms with Crippen molar-refractivity contribution in [2.24, 2.45) is 0 Å². The molecule has 0 aliphatic heterocycles. The maximum absolute atomic E-state index is 13.2. The molecule has 1 atom stereocenters. The van der Waals surface area contributed by atoms with Gasteiger partial charge in [-0.3, -0.25) is 4.79 Å². The Kier molecular flexibility index (Phi) is 12.9. The number of carbonyl (C=O) groups excluding carboxylic acids is 1. The summed E-state index contributed by atoms with van der Waals surface area (Å²) >= 11 is 1.56. The molecule has 192 valence electrons. The van der Waals surface area contributed by atoms with Gasteiger partial charge < -0.3 is 15.2 Å². The molecule has 2 aromatic rings. The zero-order valence-corrected chi connectivity index (χ0v) is 22.5. The molecule has 0 bridgehead atoms. The quantitative estimate of drug-likeness (QED) is 0.264. The van der Waals surface area contributed by atoms with Crippen molar-refractivity contribution >= 4 is 23.6 Å². The number of aliphatic carboxylic acids is 1. The maximum atomic E-state index is 13.2. The first-order valence-corrected chi connectivity index (χ1v) is 14.1. The summed E-state index contributed by atoms with van der Waals surface area (Å²) in [6.07, 6.45) is 9.29. The minimum atomic E-state index is -1.01. The molecule has 0 radical (unpaired) electrons. The molecule has 0 spiro atoms. The summed E-state index contributed by atoms with van der Waals surface area (Å²) in [5, 5.41) is 12.3. The molecule has 0 saturated carbocycles. The van der Waals surface area contributed by atoms with Gasteiger partial charge in [0.1, 0.15) is 6.04 Å². The van der Waals surface area contributed by atoms with Crippen LogP contribution in [0, 0.1) is 6.92 Å². The highest BCUT2D eigenvalue weighted by molar-refractivity contribution is 7.98. The van der Waals surface area contributed by atoms with Crippen LogP contribution in [-0.2, 0) is 16.1 Å². The highest BCUT2D eigenvalue weighted by atomic mass is 32.2. The van der Waals surface area contributed by atoms with Crippen molar-refractivity contribution in [3.8, 4) is 11.1 Å². The van der Waals surface area contributed by atoms with Crippen LogP contribution in [0.1, 0.15) is 80.3 Å². The highest BCUT2D eigenvalue weighted by Gasteiger charge is 2.23. The number of benzene rings is 2. The lowest BCUT2D eigenvalue weighted by atomic mass is 9.93. The summed E-state index contributed by atoms with van der Waals surface area (Å²) in [6, 6.07) is 12.8. The number of thioether (sulfide) groups is 1. The second-order valence-electron chi connectivity index (χ2n) is 9.06. The van der Waals surface area contributed by atoms with E-state index >= 15 is 0 Å². The summed E-state index contributed by atoms with van der Waals surface area (Å²) in [5.41, 5.74) is 4.31. The first-order valence-electron chi connectivity index (χ1n) is 12.7. The summed E-state index contributed by atoms with van der Waals surface area (Å²) in [5.74, 6) is -0.719. The lowest BCUT2D eigenvalue weighted by Crippen LogP contribution is -2.41. The zero-order valence-electron chi connectivity index (χ0n) is 21.6. The van der Waals surface area contributed by atoms with Crippen LogP contribution >= 0.6 is 11.8 Å². The van der Waals surface area contributed by atoms with Crippen LogP contribution in [0.2, 0.25) is 0 Å². The van der Waals surface area contributed by atoms with E-state index in [1.807, 2.05) is 49.6 Å². The van der Waals surface area contributed by atoms with Crippen molar-refractivity contribution in [3.05, 3.63) is 59.2 Å². The molecule has 2 aromatic carbocycles. The van der Waals surface area contributed by atoms with E-state index in [9.17, 15) is 14.7 Å². The Morgan fingerprint density at radius 3 is 2.29 bits per heavy atom. The van der Waals surface area contributed by atoms with Gasteiger partial charge >= 0.3 is 5.97 Å². The predicted molar refractivity (Wildman–Crippen MR) is 146 cm³/mol. The van der Waals surface area contributed by atoms with Gasteiger partial charge in [-0.25, -0.2) is 4.79 Å². The van der Waals surface area contributed by atoms with E-state index in [4.69, 9.17) is 4.74 Å². The standard InChI is InChI=1S/C29H41NO4S/c1-5-7-12-23(13-8-6-2)34-20-22-15-16-25(26(19-22)24-14-10-9-11-21(24)3)28(31)30-27(29(32)33)17-18-35-4/h9-11,14-16,19,23,27H,5-8,12-13,17-18,20H2,1-4H3,(H,30,31)(H,32,33). The number of unbranched alkanes of at least 4 members (excludes halogenated alkanes) is 2. The van der Waals surface area contributed by atoms with Gasteiger partial charge in [0.05, 0.1) is 12.7 Å². The average Bonchev–Trinajstić information content (AvgIpc) is 2.86. The van der Waals surface area contributed by atoms with Crippen molar-refractivity contribution in [2.45, 2.75) is 84.5 Å². The minimum Gasteiger partial charge on any atom is -0.480 e. The molecule has 0 aliphatic carbocycles. The Morgan fingerprint density at radius 1 is 1.00 bits per heavy atom. The van der Waals surface area contributed by atoms with Crippen LogP contribution in [0.4, 0.5) is 0 Å². The number of hydrogen-bond donors (Lipinski definition) is 2. The molecule has 1 amide bonds. The Balaban J connectivity index is 2.32. The smallest absolute Gasteiger partial charge is 0.326 e. The molecule has 1 unspecified atom stereocenters. The van der Waals surface area contributed by atoms with Gasteiger partial charge in [-0.2, -0.15) is 11.8 Å². The van der Waals surface area contributed by atoms with E-state index in [1.54, 1.807) is 17.8 Å². The number of nitrogens with one attached hydrogen (secondary N) is 1. The second-order valence-corrected chi connectivity index (χ2v) is 10.0. The van der Waals surface area contributed by atoms with Crippen molar-refractivity contribution in [2.75, 3.05) is 12.0 Å². The first-order chi connectivity index (χ1) is 16.9. The molecule has 0 fully saturated rings. The molecular weight excluding hydrogens is 458 g/mol. The fraction of sp³-hybridized carbons (Fsp3) is 0.517. The molecule has 0 aromatic heterocycles. The molecule has 0 heterocycles. The van der Waals surface area contributed by atoms with Gasteiger partial charge in [0, 0.05) is 5.56 Å². The monoisotopic (exact) mass is 499 g/mol. The van der Waals surface area contributed by atoms with Crippen LogP contribution in [-0.4, -0.2) is 41.1 Å². The van der Waals surface area contributed by atoms with Crippen molar-refractivity contribution in [1.29, 1.82) is 0 Å². The Hall–Kier alpha value is -2.31. The SMILES string of the molecule is CCCCC(CCCC)OCc1ccc(C(=O)NC(CCSC)C(=O)O)c(-c2ccccc2C)c1. The van der Waals surface area contributed by atoms with Gasteiger partial charge in [-0.15, -0.1) is 0 Å². The lowest BCUT2D eigenvalue weighted by Gasteiger charge is -2.20. The average molecular weight is 500 g/mol. The fourth-order valence-electron chi connectivity index (χ4n) is 4.09. The molecule has 0 aliphatic rings. The number of amides is 1. The first kappa shape index (κ1) is 28.9. The van der Waals surface area contributed by atoms with Crippen molar-refractivity contribution < 1.29 is 19.4 Å². The number of ether oxygens (including phenoxy) is 1. The van der Waals surface area contributed by atoms with E-state index in [-0.39, 0.29) is 12.0 Å². The topological polar surface area (TPSA) is 75.6 Å². The summed E-state index contributed by atoms with van der Waals surface area (Å²) in [7, 11) is 0. The third-order valence-corrected chi connectivity index (χ3v) is 6.87. The normalized spacial score (nSPS) is 12.0. The number of carbonyl (C=O) groups is 2. The van der Waals surface area contributed by atoms with Crippen LogP contribution < -0.4 is 5.32 Å². The van der Waals surface area contributed by atoms with Gasteiger partial charge in [-0.1, -0.05) is 69.9 Å². The van der Waals surface area contributed by atoms with Crippen LogP contribution in [0.5, 0.6) is 0 Å². The third-order valence-electron chi connectivity index (χ3n) is 6.22. The van der Waals surface area contributed by atoms with Gasteiger partial charge in [-0.05, 0) is 72.6 Å². The zero-order chi connectivity index (χ0) is 25.6. The van der Waals surface area contributed by atoms with Crippen molar-refractivity contribution in [3.63, 3.8) is 0 Å². The fourth-order valence-corrected chi connectivity index (χ4v) is 4.57. The molecule has 0 saturated heterocycles. The molecular formula is C29H41NO4S. The van der Waals surface area contributed by atoms with E-state index in [1.165, 1.54) is 0 Å². The number of aryl methyl sites for hydroxylation is 1. The molecule has 2 N–H and O–H groups in total. The van der Waals surface area contributed by atoms with Crippen LogP contribution in [0.25, 0.3) is 11.1 Å². The van der Waals surface area contributed by atoms with E-state index in [2.05, 4.69) is 19.2 Å². The summed E-state index contributed by atoms with van der Waals surface area (Å²) in [4.78, 5) is 24.9. The van der Waals surface area contributed by atoms with Crippen LogP contribution in [0.3, 0.4) is 0 Å². The lowest BCUT2D eigenvalue weighted by molar-refractivity contribution is -0.139.